The number of allylic oxidation sites excluding steroid dienone is 1. The molecular weight excluding hydrogens is 270 g/mol. The van der Waals surface area contributed by atoms with Gasteiger partial charge in [0.05, 0.1) is 0 Å². The second kappa shape index (κ2) is 4.57. The fourth-order valence-electron chi connectivity index (χ4n) is 2.29. The molecule has 1 aliphatic heterocycles. The Labute approximate surface area is 119 Å². The first-order valence-corrected chi connectivity index (χ1v) is 7.12. The summed E-state index contributed by atoms with van der Waals surface area (Å²) in [6, 6.07) is 8.20. The summed E-state index contributed by atoms with van der Waals surface area (Å²) in [6.45, 7) is 0. The van der Waals surface area contributed by atoms with Crippen molar-refractivity contribution in [2.75, 3.05) is 5.32 Å². The summed E-state index contributed by atoms with van der Waals surface area (Å²) in [5.74, 6) is 0.754. The number of anilines is 1. The summed E-state index contributed by atoms with van der Waals surface area (Å²) in [4.78, 5) is 9.68. The summed E-state index contributed by atoms with van der Waals surface area (Å²) < 4.78 is 1.89. The Morgan fingerprint density at radius 3 is 3.05 bits per heavy atom. The van der Waals surface area contributed by atoms with E-state index in [1.54, 1.807) is 23.9 Å². The molecule has 4 rings (SSSR count). The molecule has 0 amide bonds. The van der Waals surface area contributed by atoms with Crippen LogP contribution in [0, 0.1) is 0 Å². The van der Waals surface area contributed by atoms with Gasteiger partial charge in [-0.05, 0) is 29.7 Å². The zero-order valence-electron chi connectivity index (χ0n) is 10.5. The first kappa shape index (κ1) is 11.4. The van der Waals surface area contributed by atoms with Crippen molar-refractivity contribution in [1.82, 2.24) is 19.7 Å². The number of pyridine rings is 1. The van der Waals surface area contributed by atoms with Crippen LogP contribution in [0.1, 0.15) is 16.5 Å². The second-order valence-electron chi connectivity index (χ2n) is 4.44. The second-order valence-corrected chi connectivity index (χ2v) is 5.41. The van der Waals surface area contributed by atoms with Crippen LogP contribution >= 0.6 is 11.3 Å². The monoisotopic (exact) mass is 281 g/mol. The number of aromatic nitrogens is 4. The largest absolute Gasteiger partial charge is 0.324 e. The Balaban J connectivity index is 1.83. The minimum absolute atomic E-state index is 0.0731. The zero-order chi connectivity index (χ0) is 13.4. The molecule has 3 aromatic rings. The van der Waals surface area contributed by atoms with Crippen LogP contribution in [0.5, 0.6) is 0 Å². The van der Waals surface area contributed by atoms with Crippen LogP contribution in [-0.4, -0.2) is 19.7 Å². The first-order chi connectivity index (χ1) is 9.92. The molecule has 0 radical (unpaired) electrons. The van der Waals surface area contributed by atoms with Gasteiger partial charge in [0.25, 0.3) is 0 Å². The maximum atomic E-state index is 4.31. The summed E-state index contributed by atoms with van der Waals surface area (Å²) in [5, 5.41) is 9.69. The first-order valence-electron chi connectivity index (χ1n) is 6.24. The highest BCUT2D eigenvalue weighted by Gasteiger charge is 2.23. The molecule has 5 nitrogen and oxygen atoms in total. The van der Waals surface area contributed by atoms with Gasteiger partial charge in [-0.15, -0.1) is 11.3 Å². The van der Waals surface area contributed by atoms with E-state index >= 15 is 0 Å². The van der Waals surface area contributed by atoms with E-state index in [1.807, 2.05) is 23.0 Å². The third-order valence-corrected chi connectivity index (χ3v) is 4.16. The lowest BCUT2D eigenvalue weighted by atomic mass is 10.1. The van der Waals surface area contributed by atoms with E-state index in [0.29, 0.717) is 0 Å². The molecule has 4 heterocycles. The lowest BCUT2D eigenvalue weighted by molar-refractivity contribution is 0.620. The number of nitrogens with zero attached hydrogens (tertiary/aromatic N) is 4. The molecule has 6 heteroatoms. The minimum atomic E-state index is 0.0731. The highest BCUT2D eigenvalue weighted by atomic mass is 32.1. The van der Waals surface area contributed by atoms with Crippen molar-refractivity contribution in [2.24, 2.45) is 0 Å². The van der Waals surface area contributed by atoms with Gasteiger partial charge in [0.15, 0.2) is 0 Å². The lowest BCUT2D eigenvalue weighted by Gasteiger charge is -2.23. The fourth-order valence-corrected chi connectivity index (χ4v) is 3.07. The average molecular weight is 281 g/mol. The van der Waals surface area contributed by atoms with E-state index in [2.05, 4.69) is 44.0 Å². The molecule has 0 saturated carbocycles. The Morgan fingerprint density at radius 2 is 2.25 bits per heavy atom. The van der Waals surface area contributed by atoms with Gasteiger partial charge in [0, 0.05) is 28.5 Å². The topological polar surface area (TPSA) is 55.6 Å². The maximum absolute atomic E-state index is 4.31. The van der Waals surface area contributed by atoms with Crippen molar-refractivity contribution in [2.45, 2.75) is 6.04 Å². The van der Waals surface area contributed by atoms with Crippen molar-refractivity contribution in [1.29, 1.82) is 0 Å². The number of hydrogen-bond donors (Lipinski definition) is 1. The normalized spacial score (nSPS) is 17.2. The third-order valence-electron chi connectivity index (χ3n) is 3.21. The van der Waals surface area contributed by atoms with Gasteiger partial charge >= 0.3 is 0 Å². The molecule has 20 heavy (non-hydrogen) atoms. The highest BCUT2D eigenvalue weighted by molar-refractivity contribution is 7.10. The molecule has 0 bridgehead atoms. The molecular formula is C14H11N5S. The van der Waals surface area contributed by atoms with Crippen LogP contribution in [0.25, 0.3) is 5.70 Å². The molecule has 3 aromatic heterocycles. The van der Waals surface area contributed by atoms with E-state index in [0.717, 1.165) is 17.2 Å². The molecule has 1 aliphatic rings. The van der Waals surface area contributed by atoms with Gasteiger partial charge < -0.3 is 5.32 Å². The van der Waals surface area contributed by atoms with Crippen molar-refractivity contribution < 1.29 is 0 Å². The van der Waals surface area contributed by atoms with Crippen molar-refractivity contribution in [3.05, 3.63) is 64.9 Å². The number of hydrogen-bond acceptors (Lipinski definition) is 5. The smallest absolute Gasteiger partial charge is 0.226 e. The summed E-state index contributed by atoms with van der Waals surface area (Å²) in [5.41, 5.74) is 2.06. The van der Waals surface area contributed by atoms with Crippen molar-refractivity contribution in [3.63, 3.8) is 0 Å². The van der Waals surface area contributed by atoms with Crippen LogP contribution < -0.4 is 5.32 Å². The van der Waals surface area contributed by atoms with Crippen LogP contribution in [0.4, 0.5) is 5.95 Å². The Kier molecular flexibility index (Phi) is 2.60. The van der Waals surface area contributed by atoms with Gasteiger partial charge in [-0.25, -0.2) is 4.68 Å². The molecule has 0 spiro atoms. The Bertz CT molecular complexity index is 745. The van der Waals surface area contributed by atoms with E-state index in [-0.39, 0.29) is 6.04 Å². The molecule has 98 valence electrons. The van der Waals surface area contributed by atoms with Gasteiger partial charge in [-0.2, -0.15) is 10.1 Å². The summed E-state index contributed by atoms with van der Waals surface area (Å²) in [6.07, 6.45) is 7.34. The van der Waals surface area contributed by atoms with Gasteiger partial charge in [-0.3, -0.25) is 4.98 Å². The fraction of sp³-hybridized carbons (Fsp3) is 0.0714. The van der Waals surface area contributed by atoms with Gasteiger partial charge in [0.1, 0.15) is 12.4 Å². The minimum Gasteiger partial charge on any atom is -0.324 e. The number of fused-ring (bicyclic) bond motifs is 1. The zero-order valence-corrected chi connectivity index (χ0v) is 11.3. The van der Waals surface area contributed by atoms with E-state index in [1.165, 1.54) is 4.88 Å². The lowest BCUT2D eigenvalue weighted by Crippen LogP contribution is -2.19. The maximum Gasteiger partial charge on any atom is 0.226 e. The standard InChI is InChI=1S/C14H11N5S/c1-3-10(8-15-5-1)11-7-12(13-4-2-6-20-13)19-14(18-11)16-9-17-19/h1-9,12H,(H,16,17,18)/t12-/m0/s1. The molecule has 1 N–H and O–H groups in total. The molecule has 0 aromatic carbocycles. The quantitative estimate of drug-likeness (QED) is 0.784. The van der Waals surface area contributed by atoms with E-state index < -0.39 is 0 Å². The number of nitrogens with one attached hydrogen (secondary N) is 1. The average Bonchev–Trinajstić information content (AvgIpc) is 3.18. The SMILES string of the molecule is C1=C(c2cccnc2)Nc2ncnn2[C@@H]1c1cccs1. The van der Waals surface area contributed by atoms with Crippen molar-refractivity contribution >= 4 is 23.0 Å². The molecule has 0 unspecified atom stereocenters. The molecule has 1 atom stereocenters. The van der Waals surface area contributed by atoms with Crippen LogP contribution in [0.15, 0.2) is 54.4 Å². The van der Waals surface area contributed by atoms with Crippen LogP contribution in [0.2, 0.25) is 0 Å². The predicted molar refractivity (Wildman–Crippen MR) is 78.3 cm³/mol. The number of thiophene rings is 1. The Hall–Kier alpha value is -2.47. The van der Waals surface area contributed by atoms with Crippen molar-refractivity contribution in [3.8, 4) is 0 Å². The van der Waals surface area contributed by atoms with Crippen LogP contribution in [-0.2, 0) is 0 Å². The van der Waals surface area contributed by atoms with E-state index in [4.69, 9.17) is 0 Å². The van der Waals surface area contributed by atoms with Crippen LogP contribution in [0.3, 0.4) is 0 Å². The summed E-state index contributed by atoms with van der Waals surface area (Å²) >= 11 is 1.72. The number of rotatable bonds is 2. The third kappa shape index (κ3) is 1.81. The Morgan fingerprint density at radius 1 is 1.25 bits per heavy atom. The molecule has 0 fully saturated rings. The van der Waals surface area contributed by atoms with Gasteiger partial charge in [0.2, 0.25) is 5.95 Å². The summed E-state index contributed by atoms with van der Waals surface area (Å²) in [7, 11) is 0. The molecule has 0 saturated heterocycles. The van der Waals surface area contributed by atoms with E-state index in [9.17, 15) is 0 Å². The van der Waals surface area contributed by atoms with Gasteiger partial charge in [-0.1, -0.05) is 6.07 Å². The highest BCUT2D eigenvalue weighted by Crippen LogP contribution is 2.33. The predicted octanol–water partition coefficient (Wildman–Crippen LogP) is 2.79. The molecule has 0 aliphatic carbocycles.